The molecular formula is C13H19N3OS. The van der Waals surface area contributed by atoms with Gasteiger partial charge in [0.15, 0.2) is 0 Å². The van der Waals surface area contributed by atoms with Crippen LogP contribution in [0.1, 0.15) is 36.7 Å². The number of nitrogens with one attached hydrogen (secondary N) is 1. The molecule has 4 nitrogen and oxygen atoms in total. The van der Waals surface area contributed by atoms with Crippen LogP contribution in [0, 0.1) is 0 Å². The number of pyridine rings is 1. The fraction of sp³-hybridized carbons (Fsp3) is 0.538. The largest absolute Gasteiger partial charge is 0.399 e. The van der Waals surface area contributed by atoms with E-state index in [-0.39, 0.29) is 11.9 Å². The van der Waals surface area contributed by atoms with Crippen LogP contribution in [0.3, 0.4) is 0 Å². The number of anilines is 1. The molecule has 1 fully saturated rings. The molecule has 0 aliphatic heterocycles. The molecule has 2 rings (SSSR count). The van der Waals surface area contributed by atoms with Gasteiger partial charge in [-0.1, -0.05) is 6.92 Å². The molecule has 3 N–H and O–H groups in total. The molecule has 2 unspecified atom stereocenters. The van der Waals surface area contributed by atoms with Crippen molar-refractivity contribution in [1.82, 2.24) is 10.3 Å². The Morgan fingerprint density at radius 3 is 3.17 bits per heavy atom. The average Bonchev–Trinajstić information content (AvgIpc) is 2.77. The van der Waals surface area contributed by atoms with Crippen molar-refractivity contribution in [3.05, 3.63) is 24.0 Å². The zero-order valence-electron chi connectivity index (χ0n) is 10.6. The van der Waals surface area contributed by atoms with E-state index < -0.39 is 0 Å². The maximum absolute atomic E-state index is 12.0. The summed E-state index contributed by atoms with van der Waals surface area (Å²) in [5.41, 5.74) is 6.62. The van der Waals surface area contributed by atoms with Gasteiger partial charge in [-0.05, 0) is 37.1 Å². The molecule has 2 atom stereocenters. The summed E-state index contributed by atoms with van der Waals surface area (Å²) in [4.78, 5) is 16.0. The van der Waals surface area contributed by atoms with Crippen molar-refractivity contribution in [1.29, 1.82) is 0 Å². The number of rotatable bonds is 4. The topological polar surface area (TPSA) is 68.0 Å². The van der Waals surface area contributed by atoms with Gasteiger partial charge in [0.25, 0.3) is 5.91 Å². The third kappa shape index (κ3) is 3.38. The molecule has 0 aromatic carbocycles. The van der Waals surface area contributed by atoms with Crippen LogP contribution < -0.4 is 11.1 Å². The Morgan fingerprint density at radius 2 is 2.44 bits per heavy atom. The number of nitrogen functional groups attached to an aromatic ring is 1. The number of amides is 1. The van der Waals surface area contributed by atoms with Gasteiger partial charge in [-0.25, -0.2) is 0 Å². The van der Waals surface area contributed by atoms with Crippen molar-refractivity contribution in [2.75, 3.05) is 11.5 Å². The van der Waals surface area contributed by atoms with Gasteiger partial charge in [0.05, 0.1) is 0 Å². The summed E-state index contributed by atoms with van der Waals surface area (Å²) in [6.45, 7) is 2.17. The molecular weight excluding hydrogens is 246 g/mol. The van der Waals surface area contributed by atoms with Crippen LogP contribution in [0.25, 0.3) is 0 Å². The molecule has 0 radical (unpaired) electrons. The van der Waals surface area contributed by atoms with E-state index in [1.165, 1.54) is 6.42 Å². The predicted octanol–water partition coefficient (Wildman–Crippen LogP) is 2.07. The van der Waals surface area contributed by atoms with Gasteiger partial charge >= 0.3 is 0 Å². The highest BCUT2D eigenvalue weighted by molar-refractivity contribution is 7.99. The van der Waals surface area contributed by atoms with E-state index in [9.17, 15) is 4.79 Å². The van der Waals surface area contributed by atoms with Crippen molar-refractivity contribution < 1.29 is 4.79 Å². The highest BCUT2D eigenvalue weighted by atomic mass is 32.2. The smallest absolute Gasteiger partial charge is 0.270 e. The van der Waals surface area contributed by atoms with E-state index in [4.69, 9.17) is 5.73 Å². The van der Waals surface area contributed by atoms with E-state index in [2.05, 4.69) is 17.2 Å². The monoisotopic (exact) mass is 265 g/mol. The van der Waals surface area contributed by atoms with Gasteiger partial charge in [-0.2, -0.15) is 11.8 Å². The van der Waals surface area contributed by atoms with Crippen molar-refractivity contribution in [3.63, 3.8) is 0 Å². The van der Waals surface area contributed by atoms with Crippen molar-refractivity contribution in [3.8, 4) is 0 Å². The van der Waals surface area contributed by atoms with Crippen LogP contribution in [0.2, 0.25) is 0 Å². The van der Waals surface area contributed by atoms with Gasteiger partial charge in [-0.15, -0.1) is 0 Å². The number of nitrogens with zero attached hydrogens (tertiary/aromatic N) is 1. The summed E-state index contributed by atoms with van der Waals surface area (Å²) >= 11 is 1.98. The Bertz CT molecular complexity index is 424. The second kappa shape index (κ2) is 6.09. The quantitative estimate of drug-likeness (QED) is 0.874. The first-order valence-electron chi connectivity index (χ1n) is 6.33. The fourth-order valence-corrected chi connectivity index (χ4v) is 3.43. The first-order valence-corrected chi connectivity index (χ1v) is 7.38. The summed E-state index contributed by atoms with van der Waals surface area (Å²) in [6, 6.07) is 3.58. The van der Waals surface area contributed by atoms with Gasteiger partial charge in [0.1, 0.15) is 5.69 Å². The van der Waals surface area contributed by atoms with Gasteiger partial charge < -0.3 is 11.1 Å². The predicted molar refractivity (Wildman–Crippen MR) is 75.7 cm³/mol. The number of aromatic nitrogens is 1. The molecule has 1 amide bonds. The minimum atomic E-state index is -0.116. The lowest BCUT2D eigenvalue weighted by atomic mass is 10.2. The lowest BCUT2D eigenvalue weighted by molar-refractivity contribution is 0.0933. The fourth-order valence-electron chi connectivity index (χ4n) is 2.29. The van der Waals surface area contributed by atoms with Crippen LogP contribution in [0.4, 0.5) is 5.69 Å². The summed E-state index contributed by atoms with van der Waals surface area (Å²) in [5.74, 6) is 1.02. The van der Waals surface area contributed by atoms with Gasteiger partial charge in [-0.3, -0.25) is 9.78 Å². The molecule has 5 heteroatoms. The molecule has 18 heavy (non-hydrogen) atoms. The molecule has 0 spiro atoms. The van der Waals surface area contributed by atoms with E-state index in [0.29, 0.717) is 16.6 Å². The highest BCUT2D eigenvalue weighted by Gasteiger charge is 2.26. The van der Waals surface area contributed by atoms with E-state index in [1.54, 1.807) is 18.3 Å². The second-order valence-electron chi connectivity index (χ2n) is 4.54. The molecule has 1 aliphatic rings. The third-order valence-corrected chi connectivity index (χ3v) is 4.37. The Kier molecular flexibility index (Phi) is 4.47. The average molecular weight is 265 g/mol. The first-order chi connectivity index (χ1) is 8.69. The number of nitrogens with two attached hydrogens (primary N) is 1. The Balaban J connectivity index is 1.89. The van der Waals surface area contributed by atoms with Crippen LogP contribution in [-0.2, 0) is 0 Å². The Hall–Kier alpha value is -1.23. The Labute approximate surface area is 112 Å². The summed E-state index contributed by atoms with van der Waals surface area (Å²) in [7, 11) is 0. The van der Waals surface area contributed by atoms with Crippen LogP contribution >= 0.6 is 11.8 Å². The standard InChI is InChI=1S/C13H19N3OS/c1-2-18-11-4-3-10(8-11)16-13(17)12-7-9(14)5-6-15-12/h5-7,10-11H,2-4,8H2,1H3,(H2,14,15)(H,16,17). The van der Waals surface area contributed by atoms with Crippen molar-refractivity contribution in [2.45, 2.75) is 37.5 Å². The first kappa shape index (κ1) is 13.2. The molecule has 1 aliphatic carbocycles. The van der Waals surface area contributed by atoms with Crippen molar-refractivity contribution >= 4 is 23.4 Å². The third-order valence-electron chi connectivity index (χ3n) is 3.14. The molecule has 1 heterocycles. The maximum Gasteiger partial charge on any atom is 0.270 e. The highest BCUT2D eigenvalue weighted by Crippen LogP contribution is 2.29. The summed E-state index contributed by atoms with van der Waals surface area (Å²) in [6.07, 6.45) is 4.88. The second-order valence-corrected chi connectivity index (χ2v) is 6.11. The lowest BCUT2D eigenvalue weighted by Crippen LogP contribution is -2.33. The molecule has 98 valence electrons. The van der Waals surface area contributed by atoms with Gasteiger partial charge in [0.2, 0.25) is 0 Å². The number of hydrogen-bond acceptors (Lipinski definition) is 4. The van der Waals surface area contributed by atoms with Crippen LogP contribution in [0.5, 0.6) is 0 Å². The zero-order valence-corrected chi connectivity index (χ0v) is 11.4. The van der Waals surface area contributed by atoms with Crippen LogP contribution in [-0.4, -0.2) is 27.9 Å². The number of hydrogen-bond donors (Lipinski definition) is 2. The van der Waals surface area contributed by atoms with Gasteiger partial charge in [0, 0.05) is 23.2 Å². The number of thioether (sulfide) groups is 1. The van der Waals surface area contributed by atoms with Crippen LogP contribution in [0.15, 0.2) is 18.3 Å². The minimum absolute atomic E-state index is 0.116. The number of carbonyl (C=O) groups is 1. The normalized spacial score (nSPS) is 22.9. The molecule has 0 bridgehead atoms. The van der Waals surface area contributed by atoms with Crippen molar-refractivity contribution in [2.24, 2.45) is 0 Å². The zero-order chi connectivity index (χ0) is 13.0. The maximum atomic E-state index is 12.0. The van der Waals surface area contributed by atoms with E-state index in [1.807, 2.05) is 11.8 Å². The molecule has 1 saturated carbocycles. The van der Waals surface area contributed by atoms with E-state index >= 15 is 0 Å². The summed E-state index contributed by atoms with van der Waals surface area (Å²) < 4.78 is 0. The molecule has 0 saturated heterocycles. The van der Waals surface area contributed by atoms with E-state index in [0.717, 1.165) is 18.6 Å². The lowest BCUT2D eigenvalue weighted by Gasteiger charge is -2.12. The number of carbonyl (C=O) groups excluding carboxylic acids is 1. The molecule has 1 aromatic rings. The molecule has 1 aromatic heterocycles. The minimum Gasteiger partial charge on any atom is -0.399 e. The SMILES string of the molecule is CCSC1CCC(NC(=O)c2cc(N)ccn2)C1. The Morgan fingerprint density at radius 1 is 1.61 bits per heavy atom. The summed E-state index contributed by atoms with van der Waals surface area (Å²) in [5, 5.41) is 3.73.